The minimum absolute atomic E-state index is 0. The van der Waals surface area contributed by atoms with Gasteiger partial charge in [0.1, 0.15) is 0 Å². The summed E-state index contributed by atoms with van der Waals surface area (Å²) in [7, 11) is 0. The van der Waals surface area contributed by atoms with Crippen molar-refractivity contribution in [1.82, 2.24) is 4.90 Å². The summed E-state index contributed by atoms with van der Waals surface area (Å²) in [5, 5.41) is 1.42. The first kappa shape index (κ1) is 32.5. The van der Waals surface area contributed by atoms with Gasteiger partial charge in [-0.05, 0) is 43.5 Å². The summed E-state index contributed by atoms with van der Waals surface area (Å²) in [4.78, 5) is 2.43. The largest absolute Gasteiger partial charge is 0.379 e. The van der Waals surface area contributed by atoms with Crippen molar-refractivity contribution in [3.63, 3.8) is 0 Å². The van der Waals surface area contributed by atoms with E-state index in [0.29, 0.717) is 22.0 Å². The molecule has 5 heteroatoms. The van der Waals surface area contributed by atoms with Gasteiger partial charge in [0.2, 0.25) is 0 Å². The molecule has 1 saturated heterocycles. The van der Waals surface area contributed by atoms with Crippen LogP contribution in [-0.4, -0.2) is 37.2 Å². The second kappa shape index (κ2) is 17.2. The van der Waals surface area contributed by atoms with Crippen LogP contribution in [0.2, 0.25) is 10.0 Å². The number of morpholine rings is 1. The molecule has 0 saturated carbocycles. The van der Waals surface area contributed by atoms with Gasteiger partial charge in [-0.25, -0.2) is 0 Å². The van der Waals surface area contributed by atoms with Crippen LogP contribution in [0.3, 0.4) is 0 Å². The van der Waals surface area contributed by atoms with Crippen molar-refractivity contribution in [2.75, 3.05) is 26.3 Å². The van der Waals surface area contributed by atoms with Crippen LogP contribution in [0, 0.1) is 0 Å². The summed E-state index contributed by atoms with van der Waals surface area (Å²) in [6, 6.07) is 6.32. The molecule has 0 amide bonds. The quantitative estimate of drug-likeness (QED) is 0.489. The number of rotatable bonds is 2. The van der Waals surface area contributed by atoms with E-state index in [0.717, 1.165) is 26.3 Å². The summed E-state index contributed by atoms with van der Waals surface area (Å²) >= 11 is 11.6. The average molecular weight is 455 g/mol. The van der Waals surface area contributed by atoms with E-state index >= 15 is 0 Å². The summed E-state index contributed by atoms with van der Waals surface area (Å²) in [6.45, 7) is 12.7. The van der Waals surface area contributed by atoms with E-state index in [-0.39, 0.29) is 55.0 Å². The SMILES string of the molecule is C.C.C.CC(C)N1CCOCC1.CC(C)c1cc(Cl)cc(Cl)c1.[Y]. The van der Waals surface area contributed by atoms with Crippen LogP contribution >= 0.6 is 23.2 Å². The first-order chi connectivity index (χ1) is 9.40. The Morgan fingerprint density at radius 2 is 1.29 bits per heavy atom. The van der Waals surface area contributed by atoms with Gasteiger partial charge in [-0.3, -0.25) is 4.90 Å². The van der Waals surface area contributed by atoms with Crippen LogP contribution < -0.4 is 0 Å². The Morgan fingerprint density at radius 3 is 1.58 bits per heavy atom. The van der Waals surface area contributed by atoms with Crippen LogP contribution in [0.25, 0.3) is 0 Å². The van der Waals surface area contributed by atoms with Gasteiger partial charge in [0.25, 0.3) is 0 Å². The topological polar surface area (TPSA) is 12.5 Å². The zero-order chi connectivity index (χ0) is 15.1. The number of hydrogen-bond donors (Lipinski definition) is 0. The first-order valence-electron chi connectivity index (χ1n) is 7.18. The van der Waals surface area contributed by atoms with Crippen molar-refractivity contribution in [3.8, 4) is 0 Å². The first-order valence-corrected chi connectivity index (χ1v) is 7.93. The van der Waals surface area contributed by atoms with Crippen molar-refractivity contribution >= 4 is 23.2 Å². The second-order valence-corrected chi connectivity index (χ2v) is 6.47. The van der Waals surface area contributed by atoms with Crippen LogP contribution in [0.15, 0.2) is 18.2 Å². The zero-order valence-electron chi connectivity index (χ0n) is 13.4. The van der Waals surface area contributed by atoms with Crippen molar-refractivity contribution in [3.05, 3.63) is 33.8 Å². The second-order valence-electron chi connectivity index (χ2n) is 5.60. The number of ether oxygens (including phenoxy) is 1. The number of benzene rings is 1. The molecule has 1 fully saturated rings. The Labute approximate surface area is 186 Å². The molecule has 24 heavy (non-hydrogen) atoms. The van der Waals surface area contributed by atoms with E-state index in [1.807, 2.05) is 12.1 Å². The van der Waals surface area contributed by atoms with Crippen LogP contribution in [0.4, 0.5) is 0 Å². The summed E-state index contributed by atoms with van der Waals surface area (Å²) in [5.74, 6) is 0.478. The van der Waals surface area contributed by atoms with Gasteiger partial charge < -0.3 is 4.74 Å². The molecule has 0 aliphatic carbocycles. The predicted octanol–water partition coefficient (Wildman–Crippen LogP) is 6.75. The standard InChI is InChI=1S/C9H10Cl2.C7H15NO.3CH4.Y/c1-6(2)7-3-8(10)5-9(11)4-7;1-7(2)8-3-5-9-6-4-8;;;;/h3-6H,1-2H3;7H,3-6H2,1-2H3;3*1H4;. The molecule has 2 rings (SSSR count). The zero-order valence-corrected chi connectivity index (χ0v) is 17.8. The molecule has 0 spiro atoms. The molecule has 141 valence electrons. The Bertz CT molecular complexity index is 388. The number of hydrogen-bond acceptors (Lipinski definition) is 2. The molecule has 2 nitrogen and oxygen atoms in total. The third-order valence-electron chi connectivity index (χ3n) is 3.33. The molecule has 1 heterocycles. The normalized spacial score (nSPS) is 13.5. The van der Waals surface area contributed by atoms with E-state index < -0.39 is 0 Å². The Kier molecular flexibility index (Phi) is 23.4. The number of halogens is 2. The van der Waals surface area contributed by atoms with Gasteiger partial charge in [0.05, 0.1) is 13.2 Å². The Balaban J connectivity index is -0.000000145. The Hall–Kier alpha value is 0.824. The molecule has 1 aromatic carbocycles. The van der Waals surface area contributed by atoms with Crippen LogP contribution in [-0.2, 0) is 37.4 Å². The van der Waals surface area contributed by atoms with Gasteiger partial charge in [0, 0.05) is 61.9 Å². The van der Waals surface area contributed by atoms with Crippen molar-refractivity contribution in [1.29, 1.82) is 0 Å². The molecule has 1 aromatic rings. The van der Waals surface area contributed by atoms with Gasteiger partial charge >= 0.3 is 0 Å². The monoisotopic (exact) mass is 454 g/mol. The molecule has 1 radical (unpaired) electrons. The fraction of sp³-hybridized carbons (Fsp3) is 0.684. The minimum Gasteiger partial charge on any atom is -0.379 e. The maximum atomic E-state index is 5.81. The summed E-state index contributed by atoms with van der Waals surface area (Å²) in [5.41, 5.74) is 1.18. The van der Waals surface area contributed by atoms with Gasteiger partial charge in [-0.15, -0.1) is 0 Å². The fourth-order valence-electron chi connectivity index (χ4n) is 2.00. The maximum absolute atomic E-state index is 5.81. The summed E-state index contributed by atoms with van der Waals surface area (Å²) in [6.07, 6.45) is 0. The van der Waals surface area contributed by atoms with E-state index in [1.165, 1.54) is 5.56 Å². The van der Waals surface area contributed by atoms with Crippen LogP contribution in [0.5, 0.6) is 0 Å². The smallest absolute Gasteiger partial charge is 0.0594 e. The predicted molar refractivity (Wildman–Crippen MR) is 108 cm³/mol. The molecule has 0 bridgehead atoms. The van der Waals surface area contributed by atoms with Crippen molar-refractivity contribution in [2.24, 2.45) is 0 Å². The van der Waals surface area contributed by atoms with Crippen LogP contribution in [0.1, 0.15) is 61.5 Å². The van der Waals surface area contributed by atoms with Crippen molar-refractivity contribution < 1.29 is 37.4 Å². The molecule has 0 unspecified atom stereocenters. The van der Waals surface area contributed by atoms with Crippen molar-refractivity contribution in [2.45, 2.75) is 61.9 Å². The minimum atomic E-state index is 0. The molecule has 0 aromatic heterocycles. The van der Waals surface area contributed by atoms with Gasteiger partial charge in [-0.1, -0.05) is 59.3 Å². The third kappa shape index (κ3) is 13.1. The number of nitrogens with zero attached hydrogens (tertiary/aromatic N) is 1. The maximum Gasteiger partial charge on any atom is 0.0594 e. The third-order valence-corrected chi connectivity index (χ3v) is 3.76. The van der Waals surface area contributed by atoms with Gasteiger partial charge in [-0.2, -0.15) is 0 Å². The molecular formula is C19H37Cl2NOY. The van der Waals surface area contributed by atoms with E-state index in [4.69, 9.17) is 27.9 Å². The van der Waals surface area contributed by atoms with Gasteiger partial charge in [0.15, 0.2) is 0 Å². The van der Waals surface area contributed by atoms with E-state index in [9.17, 15) is 0 Å². The molecule has 1 aliphatic rings. The molecule has 0 N–H and O–H groups in total. The van der Waals surface area contributed by atoms with E-state index in [2.05, 4.69) is 32.6 Å². The Morgan fingerprint density at radius 1 is 0.875 bits per heavy atom. The fourth-order valence-corrected chi connectivity index (χ4v) is 2.55. The molecular weight excluding hydrogens is 418 g/mol. The molecule has 0 atom stereocenters. The van der Waals surface area contributed by atoms with E-state index in [1.54, 1.807) is 6.07 Å². The summed E-state index contributed by atoms with van der Waals surface area (Å²) < 4.78 is 5.21. The molecule has 1 aliphatic heterocycles. The average Bonchev–Trinajstić information content (AvgIpc) is 2.39.